The number of esters is 1. The Hall–Kier alpha value is -2.82. The second-order valence-corrected chi connectivity index (χ2v) is 7.54. The van der Waals surface area contributed by atoms with Gasteiger partial charge in [-0.25, -0.2) is 4.79 Å². The van der Waals surface area contributed by atoms with Crippen molar-refractivity contribution in [2.75, 3.05) is 12.4 Å². The normalized spacial score (nSPS) is 17.0. The second kappa shape index (κ2) is 6.72. The Morgan fingerprint density at radius 1 is 1.22 bits per heavy atom. The molecule has 27 heavy (non-hydrogen) atoms. The molecule has 1 amide bonds. The van der Waals surface area contributed by atoms with Crippen molar-refractivity contribution >= 4 is 29.2 Å². The van der Waals surface area contributed by atoms with Crippen LogP contribution < -0.4 is 5.32 Å². The number of aromatic nitrogens is 1. The quantitative estimate of drug-likeness (QED) is 0.630. The fourth-order valence-electron chi connectivity index (χ4n) is 4.23. The third-order valence-electron chi connectivity index (χ3n) is 5.46. The number of rotatable bonds is 3. The van der Waals surface area contributed by atoms with Gasteiger partial charge < -0.3 is 15.0 Å². The van der Waals surface area contributed by atoms with Gasteiger partial charge in [0.25, 0.3) is 5.91 Å². The Morgan fingerprint density at radius 2 is 2.00 bits per heavy atom. The van der Waals surface area contributed by atoms with Crippen molar-refractivity contribution in [3.63, 3.8) is 0 Å². The number of H-pyrrole nitrogens is 1. The van der Waals surface area contributed by atoms with E-state index in [-0.39, 0.29) is 5.91 Å². The molecule has 1 aromatic heterocycles. The highest BCUT2D eigenvalue weighted by molar-refractivity contribution is 6.35. The minimum Gasteiger partial charge on any atom is -0.465 e. The van der Waals surface area contributed by atoms with Crippen LogP contribution in [0.1, 0.15) is 71.0 Å². The van der Waals surface area contributed by atoms with Crippen molar-refractivity contribution in [1.82, 2.24) is 4.98 Å². The SMILES string of the molecule is COC(=O)c1ccc2c(c1)C(=Cc1[nH]c3c(c1C(C)C)CCCC3)C(=O)N2. The molecule has 2 N–H and O–H groups in total. The van der Waals surface area contributed by atoms with Gasteiger partial charge in [0.15, 0.2) is 0 Å². The Bertz CT molecular complexity index is 966. The van der Waals surface area contributed by atoms with E-state index in [1.54, 1.807) is 18.2 Å². The summed E-state index contributed by atoms with van der Waals surface area (Å²) in [6, 6.07) is 5.15. The molecular weight excluding hydrogens is 340 g/mol. The summed E-state index contributed by atoms with van der Waals surface area (Å²) in [5, 5.41) is 2.89. The van der Waals surface area contributed by atoms with Crippen LogP contribution in [0.2, 0.25) is 0 Å². The van der Waals surface area contributed by atoms with E-state index in [4.69, 9.17) is 4.74 Å². The second-order valence-electron chi connectivity index (χ2n) is 7.54. The van der Waals surface area contributed by atoms with Gasteiger partial charge in [0.05, 0.1) is 18.2 Å². The Kier molecular flexibility index (Phi) is 4.38. The van der Waals surface area contributed by atoms with E-state index < -0.39 is 5.97 Å². The molecule has 2 aromatic rings. The summed E-state index contributed by atoms with van der Waals surface area (Å²) in [6.07, 6.45) is 6.51. The van der Waals surface area contributed by atoms with Crippen molar-refractivity contribution in [2.45, 2.75) is 45.4 Å². The number of benzene rings is 1. The molecule has 0 saturated carbocycles. The fraction of sp³-hybridized carbons (Fsp3) is 0.364. The molecule has 0 atom stereocenters. The first-order valence-electron chi connectivity index (χ1n) is 9.49. The predicted octanol–water partition coefficient (Wildman–Crippen LogP) is 4.30. The molecule has 0 radical (unpaired) electrons. The number of fused-ring (bicyclic) bond motifs is 2. The van der Waals surface area contributed by atoms with E-state index in [1.807, 2.05) is 6.08 Å². The number of aromatic amines is 1. The number of nitrogens with one attached hydrogen (secondary N) is 2. The van der Waals surface area contributed by atoms with E-state index >= 15 is 0 Å². The monoisotopic (exact) mass is 364 g/mol. The lowest BCUT2D eigenvalue weighted by atomic mass is 9.89. The maximum absolute atomic E-state index is 12.6. The first-order chi connectivity index (χ1) is 13.0. The topological polar surface area (TPSA) is 71.2 Å². The minimum atomic E-state index is -0.408. The molecule has 1 aliphatic heterocycles. The van der Waals surface area contributed by atoms with Gasteiger partial charge in [0.1, 0.15) is 0 Å². The van der Waals surface area contributed by atoms with Crippen molar-refractivity contribution in [3.05, 3.63) is 51.8 Å². The Labute approximate surface area is 158 Å². The van der Waals surface area contributed by atoms with Crippen molar-refractivity contribution in [2.24, 2.45) is 0 Å². The van der Waals surface area contributed by atoms with Gasteiger partial charge in [-0.1, -0.05) is 13.8 Å². The molecule has 1 aromatic carbocycles. The highest BCUT2D eigenvalue weighted by Crippen LogP contribution is 2.37. The molecule has 4 rings (SSSR count). The third-order valence-corrected chi connectivity index (χ3v) is 5.46. The van der Waals surface area contributed by atoms with E-state index in [0.717, 1.165) is 29.8 Å². The zero-order valence-corrected chi connectivity index (χ0v) is 15.9. The molecule has 2 heterocycles. The average molecular weight is 364 g/mol. The molecule has 0 unspecified atom stereocenters. The van der Waals surface area contributed by atoms with Crippen LogP contribution in [0, 0.1) is 0 Å². The zero-order chi connectivity index (χ0) is 19.1. The van der Waals surface area contributed by atoms with Crippen LogP contribution in [0.25, 0.3) is 11.6 Å². The Balaban J connectivity index is 1.83. The number of anilines is 1. The number of amides is 1. The summed E-state index contributed by atoms with van der Waals surface area (Å²) in [4.78, 5) is 28.0. The highest BCUT2D eigenvalue weighted by Gasteiger charge is 2.27. The number of carbonyl (C=O) groups is 2. The molecule has 1 aliphatic carbocycles. The lowest BCUT2D eigenvalue weighted by Crippen LogP contribution is -2.04. The largest absolute Gasteiger partial charge is 0.465 e. The molecule has 0 spiro atoms. The first-order valence-corrected chi connectivity index (χ1v) is 9.49. The van der Waals surface area contributed by atoms with E-state index in [1.165, 1.54) is 36.8 Å². The Morgan fingerprint density at radius 3 is 2.74 bits per heavy atom. The third kappa shape index (κ3) is 2.97. The van der Waals surface area contributed by atoms with Gasteiger partial charge >= 0.3 is 5.97 Å². The zero-order valence-electron chi connectivity index (χ0n) is 15.9. The molecule has 2 aliphatic rings. The van der Waals surface area contributed by atoms with E-state index in [2.05, 4.69) is 24.1 Å². The average Bonchev–Trinajstić information content (AvgIpc) is 3.18. The smallest absolute Gasteiger partial charge is 0.337 e. The van der Waals surface area contributed by atoms with Crippen LogP contribution >= 0.6 is 0 Å². The number of carbonyl (C=O) groups excluding carboxylic acids is 2. The molecule has 5 nitrogen and oxygen atoms in total. The van der Waals surface area contributed by atoms with Crippen molar-refractivity contribution < 1.29 is 14.3 Å². The van der Waals surface area contributed by atoms with Gasteiger partial charge in [-0.15, -0.1) is 0 Å². The summed E-state index contributed by atoms with van der Waals surface area (Å²) in [5.41, 5.74) is 7.53. The number of aryl methyl sites for hydroxylation is 1. The van der Waals surface area contributed by atoms with Crippen molar-refractivity contribution in [3.8, 4) is 0 Å². The number of hydrogen-bond acceptors (Lipinski definition) is 3. The molecular formula is C22H24N2O3. The van der Waals surface area contributed by atoms with Gasteiger partial charge in [-0.05, 0) is 67.0 Å². The number of methoxy groups -OCH3 is 1. The molecule has 140 valence electrons. The van der Waals surface area contributed by atoms with Crippen LogP contribution in [-0.4, -0.2) is 24.0 Å². The maximum Gasteiger partial charge on any atom is 0.337 e. The van der Waals surface area contributed by atoms with Gasteiger partial charge in [0.2, 0.25) is 0 Å². The number of hydrogen-bond donors (Lipinski definition) is 2. The highest BCUT2D eigenvalue weighted by atomic mass is 16.5. The number of ether oxygens (including phenoxy) is 1. The molecule has 5 heteroatoms. The maximum atomic E-state index is 12.6. The molecule has 0 bridgehead atoms. The first kappa shape index (κ1) is 17.6. The van der Waals surface area contributed by atoms with E-state index in [0.29, 0.717) is 17.1 Å². The lowest BCUT2D eigenvalue weighted by molar-refractivity contribution is -0.110. The van der Waals surface area contributed by atoms with Crippen LogP contribution in [0.15, 0.2) is 18.2 Å². The predicted molar refractivity (Wildman–Crippen MR) is 106 cm³/mol. The summed E-state index contributed by atoms with van der Waals surface area (Å²) in [7, 11) is 1.36. The summed E-state index contributed by atoms with van der Waals surface area (Å²) < 4.78 is 4.81. The van der Waals surface area contributed by atoms with Crippen LogP contribution in [-0.2, 0) is 22.4 Å². The van der Waals surface area contributed by atoms with Gasteiger partial charge in [-0.3, -0.25) is 4.79 Å². The molecule has 0 fully saturated rings. The molecule has 0 saturated heterocycles. The van der Waals surface area contributed by atoms with E-state index in [9.17, 15) is 9.59 Å². The van der Waals surface area contributed by atoms with Crippen LogP contribution in [0.4, 0.5) is 5.69 Å². The van der Waals surface area contributed by atoms with Gasteiger partial charge in [-0.2, -0.15) is 0 Å². The fourth-order valence-corrected chi connectivity index (χ4v) is 4.23. The lowest BCUT2D eigenvalue weighted by Gasteiger charge is -2.14. The standard InChI is InChI=1S/C22H24N2O3/c1-12(2)20-14-6-4-5-7-17(14)23-19(20)11-16-15-10-13(22(26)27-3)8-9-18(15)24-21(16)25/h8-12,23H,4-7H2,1-3H3,(H,24,25). The van der Waals surface area contributed by atoms with Crippen molar-refractivity contribution in [1.29, 1.82) is 0 Å². The minimum absolute atomic E-state index is 0.144. The summed E-state index contributed by atoms with van der Waals surface area (Å²) in [6.45, 7) is 4.39. The summed E-state index contributed by atoms with van der Waals surface area (Å²) >= 11 is 0. The van der Waals surface area contributed by atoms with Crippen LogP contribution in [0.5, 0.6) is 0 Å². The van der Waals surface area contributed by atoms with Gasteiger partial charge in [0, 0.05) is 22.6 Å². The summed E-state index contributed by atoms with van der Waals surface area (Å²) in [5.74, 6) is -0.177. The van der Waals surface area contributed by atoms with Crippen LogP contribution in [0.3, 0.4) is 0 Å².